The first-order chi connectivity index (χ1) is 5.55. The fourth-order valence-electron chi connectivity index (χ4n) is 0.678. The third kappa shape index (κ3) is 1.91. The number of aryl methyl sites for hydroxylation is 1. The molecule has 2 N–H and O–H groups in total. The van der Waals surface area contributed by atoms with E-state index in [0.717, 1.165) is 0 Å². The summed E-state index contributed by atoms with van der Waals surface area (Å²) in [6.45, 7) is 3.75. The van der Waals surface area contributed by atoms with E-state index in [4.69, 9.17) is 5.11 Å². The van der Waals surface area contributed by atoms with Gasteiger partial charge in [-0.2, -0.15) is 0 Å². The molecule has 12 heavy (non-hydrogen) atoms. The maximum Gasteiger partial charge on any atom is 0.243 e. The number of hydrogen-bond acceptors (Lipinski definition) is 5. The van der Waals surface area contributed by atoms with Crippen molar-refractivity contribution in [2.45, 2.75) is 19.4 Å². The summed E-state index contributed by atoms with van der Waals surface area (Å²) >= 11 is 0. The van der Waals surface area contributed by atoms with Gasteiger partial charge in [-0.3, -0.25) is 0 Å². The minimum absolute atomic E-state index is 0.0276. The molecule has 1 heterocycles. The Labute approximate surface area is 70.6 Å². The lowest BCUT2D eigenvalue weighted by atomic mass is 10.1. The van der Waals surface area contributed by atoms with Crippen LogP contribution in [0.5, 0.6) is 0 Å². The molecule has 6 heteroatoms. The van der Waals surface area contributed by atoms with Crippen molar-refractivity contribution in [1.82, 2.24) is 20.2 Å². The topological polar surface area (TPSA) is 75.9 Å². The van der Waals surface area contributed by atoms with E-state index in [1.807, 2.05) is 13.8 Å². The van der Waals surface area contributed by atoms with Crippen molar-refractivity contribution in [3.05, 3.63) is 0 Å². The van der Waals surface area contributed by atoms with Crippen molar-refractivity contribution in [2.75, 3.05) is 11.9 Å². The lowest BCUT2D eigenvalue weighted by molar-refractivity contribution is 0.233. The Morgan fingerprint density at radius 1 is 1.58 bits per heavy atom. The fraction of sp³-hybridized carbons (Fsp3) is 0.833. The Balaban J connectivity index is 2.70. The van der Waals surface area contributed by atoms with E-state index in [0.29, 0.717) is 5.95 Å². The molecule has 68 valence electrons. The molecule has 6 nitrogen and oxygen atoms in total. The average molecular weight is 171 g/mol. The van der Waals surface area contributed by atoms with Crippen LogP contribution in [0.1, 0.15) is 13.8 Å². The number of tetrazole rings is 1. The molecule has 1 rings (SSSR count). The van der Waals surface area contributed by atoms with Crippen LogP contribution in [0.25, 0.3) is 0 Å². The summed E-state index contributed by atoms with van der Waals surface area (Å²) in [5, 5.41) is 22.8. The summed E-state index contributed by atoms with van der Waals surface area (Å²) in [5.41, 5.74) is -0.400. The lowest BCUT2D eigenvalue weighted by Gasteiger charge is -2.22. The van der Waals surface area contributed by atoms with E-state index in [9.17, 15) is 0 Å². The van der Waals surface area contributed by atoms with Crippen molar-refractivity contribution in [2.24, 2.45) is 7.05 Å². The predicted octanol–water partition coefficient (Wildman–Crippen LogP) is -0.607. The van der Waals surface area contributed by atoms with Crippen LogP contribution in [0, 0.1) is 0 Å². The maximum absolute atomic E-state index is 8.94. The van der Waals surface area contributed by atoms with Crippen LogP contribution in [-0.2, 0) is 7.05 Å². The van der Waals surface area contributed by atoms with Crippen LogP contribution < -0.4 is 5.32 Å². The molecule has 0 saturated carbocycles. The standard InChI is InChI=1S/C6H13N5O/c1-6(2,4-12)7-5-8-9-10-11(5)3/h12H,4H2,1-3H3,(H,7,8,10). The molecular formula is C6H13N5O. The van der Waals surface area contributed by atoms with Gasteiger partial charge in [-0.25, -0.2) is 4.68 Å². The molecule has 0 spiro atoms. The molecule has 1 aromatic rings. The number of nitrogens with zero attached hydrogens (tertiary/aromatic N) is 4. The molecule has 0 aromatic carbocycles. The summed E-state index contributed by atoms with van der Waals surface area (Å²) in [6.07, 6.45) is 0. The first-order valence-corrected chi connectivity index (χ1v) is 3.66. The first-order valence-electron chi connectivity index (χ1n) is 3.66. The van der Waals surface area contributed by atoms with Crippen LogP contribution in [0.2, 0.25) is 0 Å². The molecular weight excluding hydrogens is 158 g/mol. The summed E-state index contributed by atoms with van der Waals surface area (Å²) < 4.78 is 1.51. The lowest BCUT2D eigenvalue weighted by Crippen LogP contribution is -2.36. The summed E-state index contributed by atoms with van der Waals surface area (Å²) in [4.78, 5) is 0. The van der Waals surface area contributed by atoms with E-state index in [1.165, 1.54) is 4.68 Å². The highest BCUT2D eigenvalue weighted by atomic mass is 16.3. The Morgan fingerprint density at radius 3 is 2.67 bits per heavy atom. The number of hydrogen-bond donors (Lipinski definition) is 2. The highest BCUT2D eigenvalue weighted by Crippen LogP contribution is 2.08. The van der Waals surface area contributed by atoms with Crippen molar-refractivity contribution >= 4 is 5.95 Å². The number of aliphatic hydroxyl groups excluding tert-OH is 1. The van der Waals surface area contributed by atoms with Gasteiger partial charge in [-0.05, 0) is 24.3 Å². The molecule has 0 aliphatic rings. The van der Waals surface area contributed by atoms with E-state index in [-0.39, 0.29) is 6.61 Å². The van der Waals surface area contributed by atoms with Crippen LogP contribution in [-0.4, -0.2) is 37.5 Å². The molecule has 0 fully saturated rings. The Hall–Kier alpha value is -1.17. The zero-order valence-electron chi connectivity index (χ0n) is 7.44. The van der Waals surface area contributed by atoms with Gasteiger partial charge in [0.05, 0.1) is 12.1 Å². The van der Waals surface area contributed by atoms with Gasteiger partial charge >= 0.3 is 0 Å². The predicted molar refractivity (Wildman–Crippen MR) is 43.6 cm³/mol. The molecule has 0 aliphatic carbocycles. The minimum Gasteiger partial charge on any atom is -0.394 e. The fourth-order valence-corrected chi connectivity index (χ4v) is 0.678. The second kappa shape index (κ2) is 3.06. The molecule has 0 aliphatic heterocycles. The maximum atomic E-state index is 8.94. The van der Waals surface area contributed by atoms with E-state index in [2.05, 4.69) is 20.8 Å². The van der Waals surface area contributed by atoms with Gasteiger partial charge in [0, 0.05) is 7.05 Å². The molecule has 0 unspecified atom stereocenters. The number of nitrogens with one attached hydrogen (secondary N) is 1. The Morgan fingerprint density at radius 2 is 2.25 bits per heavy atom. The van der Waals surface area contributed by atoms with Crippen molar-refractivity contribution in [3.8, 4) is 0 Å². The van der Waals surface area contributed by atoms with E-state index >= 15 is 0 Å². The van der Waals surface area contributed by atoms with Gasteiger partial charge in [-0.1, -0.05) is 5.10 Å². The highest BCUT2D eigenvalue weighted by Gasteiger charge is 2.18. The summed E-state index contributed by atoms with van der Waals surface area (Å²) in [5.74, 6) is 0.550. The van der Waals surface area contributed by atoms with Crippen molar-refractivity contribution < 1.29 is 5.11 Å². The van der Waals surface area contributed by atoms with Gasteiger partial charge in [0.25, 0.3) is 0 Å². The number of aromatic nitrogens is 4. The Bertz CT molecular complexity index is 256. The summed E-state index contributed by atoms with van der Waals surface area (Å²) in [7, 11) is 1.73. The van der Waals surface area contributed by atoms with Gasteiger partial charge in [0.1, 0.15) is 0 Å². The van der Waals surface area contributed by atoms with Gasteiger partial charge in [0.15, 0.2) is 0 Å². The number of anilines is 1. The van der Waals surface area contributed by atoms with E-state index in [1.54, 1.807) is 7.05 Å². The normalized spacial score (nSPS) is 11.7. The first kappa shape index (κ1) is 8.92. The molecule has 0 bridgehead atoms. The zero-order chi connectivity index (χ0) is 9.19. The molecule has 0 radical (unpaired) electrons. The smallest absolute Gasteiger partial charge is 0.243 e. The van der Waals surface area contributed by atoms with Crippen LogP contribution in [0.4, 0.5) is 5.95 Å². The van der Waals surface area contributed by atoms with Crippen molar-refractivity contribution in [3.63, 3.8) is 0 Å². The molecule has 1 aromatic heterocycles. The highest BCUT2D eigenvalue weighted by molar-refractivity contribution is 5.25. The third-order valence-corrected chi connectivity index (χ3v) is 1.47. The van der Waals surface area contributed by atoms with Crippen molar-refractivity contribution in [1.29, 1.82) is 0 Å². The second-order valence-corrected chi connectivity index (χ2v) is 3.29. The number of rotatable bonds is 3. The largest absolute Gasteiger partial charge is 0.394 e. The van der Waals surface area contributed by atoms with Crippen LogP contribution in [0.3, 0.4) is 0 Å². The van der Waals surface area contributed by atoms with Crippen LogP contribution in [0.15, 0.2) is 0 Å². The number of aliphatic hydroxyl groups is 1. The summed E-state index contributed by atoms with van der Waals surface area (Å²) in [6, 6.07) is 0. The third-order valence-electron chi connectivity index (χ3n) is 1.47. The average Bonchev–Trinajstić information content (AvgIpc) is 2.36. The zero-order valence-corrected chi connectivity index (χ0v) is 7.44. The monoisotopic (exact) mass is 171 g/mol. The van der Waals surface area contributed by atoms with Crippen LogP contribution >= 0.6 is 0 Å². The minimum atomic E-state index is -0.400. The Kier molecular flexibility index (Phi) is 2.27. The van der Waals surface area contributed by atoms with Gasteiger partial charge < -0.3 is 10.4 Å². The molecule has 0 atom stereocenters. The molecule has 0 saturated heterocycles. The van der Waals surface area contributed by atoms with E-state index < -0.39 is 5.54 Å². The SMILES string of the molecule is Cn1nnnc1NC(C)(C)CO. The second-order valence-electron chi connectivity index (χ2n) is 3.29. The molecule has 0 amide bonds. The quantitative estimate of drug-likeness (QED) is 0.634. The van der Waals surface area contributed by atoms with Gasteiger partial charge in [-0.15, -0.1) is 0 Å². The van der Waals surface area contributed by atoms with Gasteiger partial charge in [0.2, 0.25) is 5.95 Å².